The van der Waals surface area contributed by atoms with Crippen LogP contribution in [0.1, 0.15) is 33.7 Å². The number of amides is 1. The van der Waals surface area contributed by atoms with Crippen LogP contribution in [0.15, 0.2) is 48.7 Å². The summed E-state index contributed by atoms with van der Waals surface area (Å²) in [7, 11) is 0. The van der Waals surface area contributed by atoms with Gasteiger partial charge in [-0.3, -0.25) is 9.78 Å². The minimum absolute atomic E-state index is 0.120. The molecule has 7 heteroatoms. The first kappa shape index (κ1) is 19.0. The number of pyridine rings is 1. The Kier molecular flexibility index (Phi) is 5.22. The Morgan fingerprint density at radius 3 is 2.52 bits per heavy atom. The summed E-state index contributed by atoms with van der Waals surface area (Å²) in [4.78, 5) is 27.0. The maximum atomic E-state index is 11.2. The average Bonchev–Trinajstić information content (AvgIpc) is 2.73. The summed E-state index contributed by atoms with van der Waals surface area (Å²) >= 11 is 0. The molecule has 2 N–H and O–H groups in total. The molecule has 148 valence electrons. The van der Waals surface area contributed by atoms with Crippen molar-refractivity contribution in [2.24, 2.45) is 5.73 Å². The molecule has 1 saturated heterocycles. The van der Waals surface area contributed by atoms with Crippen LogP contribution < -0.4 is 10.6 Å². The number of nitrogens with zero attached hydrogens (tertiary/aromatic N) is 4. The highest BCUT2D eigenvalue weighted by molar-refractivity contribution is 5.93. The fourth-order valence-corrected chi connectivity index (χ4v) is 3.49. The zero-order chi connectivity index (χ0) is 20.4. The minimum Gasteiger partial charge on any atom is -0.368 e. The highest BCUT2D eigenvalue weighted by Gasteiger charge is 2.24. The average molecular weight is 389 g/mol. The number of anilines is 1. The number of benzene rings is 1. The SMILES string of the molecule is Cc1cc(N2CCO[C@H](c3ccc(-c4ccc(C(N)=O)cc4)cn3)C2)nc(C)n1. The molecule has 7 nitrogen and oxygen atoms in total. The van der Waals surface area contributed by atoms with Crippen molar-refractivity contribution in [2.75, 3.05) is 24.6 Å². The number of hydrogen-bond acceptors (Lipinski definition) is 6. The number of morpholine rings is 1. The molecule has 0 saturated carbocycles. The van der Waals surface area contributed by atoms with Gasteiger partial charge in [-0.15, -0.1) is 0 Å². The highest BCUT2D eigenvalue weighted by Crippen LogP contribution is 2.26. The zero-order valence-corrected chi connectivity index (χ0v) is 16.5. The van der Waals surface area contributed by atoms with E-state index in [4.69, 9.17) is 10.5 Å². The van der Waals surface area contributed by atoms with E-state index >= 15 is 0 Å². The van der Waals surface area contributed by atoms with Gasteiger partial charge in [-0.2, -0.15) is 0 Å². The summed E-state index contributed by atoms with van der Waals surface area (Å²) < 4.78 is 5.96. The fraction of sp³-hybridized carbons (Fsp3) is 0.273. The molecule has 1 aromatic carbocycles. The van der Waals surface area contributed by atoms with Gasteiger partial charge in [-0.25, -0.2) is 9.97 Å². The first-order valence-corrected chi connectivity index (χ1v) is 9.54. The molecule has 3 heterocycles. The van der Waals surface area contributed by atoms with Crippen LogP contribution in [0, 0.1) is 13.8 Å². The number of hydrogen-bond donors (Lipinski definition) is 1. The van der Waals surface area contributed by atoms with Gasteiger partial charge in [0.25, 0.3) is 0 Å². The lowest BCUT2D eigenvalue weighted by molar-refractivity contribution is 0.0367. The molecular weight excluding hydrogens is 366 g/mol. The van der Waals surface area contributed by atoms with Crippen LogP contribution in [0.4, 0.5) is 5.82 Å². The number of carbonyl (C=O) groups excluding carboxylic acids is 1. The first-order chi connectivity index (χ1) is 14.0. The third kappa shape index (κ3) is 4.25. The molecule has 0 bridgehead atoms. The Morgan fingerprint density at radius 2 is 1.86 bits per heavy atom. The molecule has 1 aliphatic heterocycles. The summed E-state index contributed by atoms with van der Waals surface area (Å²) in [5.74, 6) is 1.26. The van der Waals surface area contributed by atoms with Crippen molar-refractivity contribution >= 4 is 11.7 Å². The van der Waals surface area contributed by atoms with E-state index in [1.54, 1.807) is 12.1 Å². The lowest BCUT2D eigenvalue weighted by Gasteiger charge is -2.33. The van der Waals surface area contributed by atoms with Crippen molar-refractivity contribution in [3.05, 3.63) is 71.4 Å². The van der Waals surface area contributed by atoms with Gasteiger partial charge in [0.15, 0.2) is 0 Å². The van der Waals surface area contributed by atoms with Crippen molar-refractivity contribution in [3.63, 3.8) is 0 Å². The number of rotatable bonds is 4. The third-order valence-electron chi connectivity index (χ3n) is 4.96. The molecule has 1 atom stereocenters. The molecule has 3 aromatic rings. The summed E-state index contributed by atoms with van der Waals surface area (Å²) in [6.45, 7) is 5.98. The van der Waals surface area contributed by atoms with Gasteiger partial charge >= 0.3 is 0 Å². The minimum atomic E-state index is -0.432. The molecule has 4 rings (SSSR count). The van der Waals surface area contributed by atoms with E-state index in [-0.39, 0.29) is 6.10 Å². The van der Waals surface area contributed by atoms with Crippen molar-refractivity contribution < 1.29 is 9.53 Å². The first-order valence-electron chi connectivity index (χ1n) is 9.54. The number of aryl methyl sites for hydroxylation is 2. The van der Waals surface area contributed by atoms with Gasteiger partial charge in [-0.05, 0) is 37.6 Å². The molecule has 0 aliphatic carbocycles. The van der Waals surface area contributed by atoms with E-state index < -0.39 is 5.91 Å². The van der Waals surface area contributed by atoms with Crippen LogP contribution in [-0.4, -0.2) is 40.6 Å². The van der Waals surface area contributed by atoms with Crippen LogP contribution >= 0.6 is 0 Å². The number of ether oxygens (including phenoxy) is 1. The zero-order valence-electron chi connectivity index (χ0n) is 16.5. The molecule has 0 radical (unpaired) electrons. The lowest BCUT2D eigenvalue weighted by Crippen LogP contribution is -2.39. The summed E-state index contributed by atoms with van der Waals surface area (Å²) in [6, 6.07) is 13.2. The summed E-state index contributed by atoms with van der Waals surface area (Å²) in [5, 5.41) is 0. The van der Waals surface area contributed by atoms with Crippen LogP contribution in [0.2, 0.25) is 0 Å². The third-order valence-corrected chi connectivity index (χ3v) is 4.96. The highest BCUT2D eigenvalue weighted by atomic mass is 16.5. The van der Waals surface area contributed by atoms with Gasteiger partial charge in [0.05, 0.1) is 18.8 Å². The smallest absolute Gasteiger partial charge is 0.248 e. The van der Waals surface area contributed by atoms with Gasteiger partial charge in [0.2, 0.25) is 5.91 Å². The van der Waals surface area contributed by atoms with Gasteiger partial charge in [0, 0.05) is 35.6 Å². The second-order valence-corrected chi connectivity index (χ2v) is 7.13. The molecule has 2 aromatic heterocycles. The van der Waals surface area contributed by atoms with Gasteiger partial charge < -0.3 is 15.4 Å². The monoisotopic (exact) mass is 389 g/mol. The number of primary amides is 1. The fourth-order valence-electron chi connectivity index (χ4n) is 3.49. The van der Waals surface area contributed by atoms with E-state index in [1.165, 1.54) is 0 Å². The summed E-state index contributed by atoms with van der Waals surface area (Å²) in [5.41, 5.74) is 9.58. The van der Waals surface area contributed by atoms with Crippen molar-refractivity contribution in [1.29, 1.82) is 0 Å². The van der Waals surface area contributed by atoms with Crippen LogP contribution in [0.25, 0.3) is 11.1 Å². The molecule has 0 spiro atoms. The van der Waals surface area contributed by atoms with E-state index in [0.717, 1.165) is 40.7 Å². The van der Waals surface area contributed by atoms with E-state index in [0.29, 0.717) is 18.7 Å². The molecule has 29 heavy (non-hydrogen) atoms. The summed E-state index contributed by atoms with van der Waals surface area (Å²) in [6.07, 6.45) is 1.71. The van der Waals surface area contributed by atoms with Crippen molar-refractivity contribution in [1.82, 2.24) is 15.0 Å². The van der Waals surface area contributed by atoms with Crippen LogP contribution in [0.3, 0.4) is 0 Å². The predicted molar refractivity (Wildman–Crippen MR) is 111 cm³/mol. The molecule has 1 fully saturated rings. The maximum absolute atomic E-state index is 11.2. The molecule has 1 aliphatic rings. The lowest BCUT2D eigenvalue weighted by atomic mass is 10.0. The normalized spacial score (nSPS) is 16.6. The number of nitrogens with two attached hydrogens (primary N) is 1. The largest absolute Gasteiger partial charge is 0.368 e. The number of carbonyl (C=O) groups is 1. The van der Waals surface area contributed by atoms with Gasteiger partial charge in [-0.1, -0.05) is 18.2 Å². The van der Waals surface area contributed by atoms with Crippen LogP contribution in [-0.2, 0) is 4.74 Å². The maximum Gasteiger partial charge on any atom is 0.248 e. The molecule has 0 unspecified atom stereocenters. The molecule has 1 amide bonds. The Morgan fingerprint density at radius 1 is 1.10 bits per heavy atom. The Bertz CT molecular complexity index is 998. The molecular formula is C22H23N5O2. The quantitative estimate of drug-likeness (QED) is 0.737. The predicted octanol–water partition coefficient (Wildman–Crippen LogP) is 2.83. The van der Waals surface area contributed by atoms with Gasteiger partial charge in [0.1, 0.15) is 17.7 Å². The number of aromatic nitrogens is 3. The van der Waals surface area contributed by atoms with E-state index in [1.807, 2.05) is 50.4 Å². The van der Waals surface area contributed by atoms with E-state index in [2.05, 4.69) is 19.9 Å². The Labute approximate surface area is 169 Å². The topological polar surface area (TPSA) is 94.2 Å². The van der Waals surface area contributed by atoms with Crippen LogP contribution in [0.5, 0.6) is 0 Å². The van der Waals surface area contributed by atoms with Crippen molar-refractivity contribution in [2.45, 2.75) is 20.0 Å². The Hall–Kier alpha value is -3.32. The standard InChI is InChI=1S/C22H23N5O2/c1-14-11-21(26-15(2)25-14)27-9-10-29-20(13-27)19-8-7-18(12-24-19)16-3-5-17(6-4-16)22(23)28/h3-8,11-12,20H,9-10,13H2,1-2H3,(H2,23,28)/t20-/m0/s1. The van der Waals surface area contributed by atoms with Crippen molar-refractivity contribution in [3.8, 4) is 11.1 Å². The Balaban J connectivity index is 1.50. The van der Waals surface area contributed by atoms with E-state index in [9.17, 15) is 4.79 Å². The second kappa shape index (κ2) is 7.97. The second-order valence-electron chi connectivity index (χ2n) is 7.13.